The molecule has 1 saturated carbocycles. The quantitative estimate of drug-likeness (QED) is 0.0469. The van der Waals surface area contributed by atoms with Gasteiger partial charge in [-0.25, -0.2) is 0 Å². The number of unbranched alkanes of at least 4 members (excludes halogenated alkanes) is 2. The van der Waals surface area contributed by atoms with Gasteiger partial charge in [0.15, 0.2) is 28.8 Å². The van der Waals surface area contributed by atoms with Crippen molar-refractivity contribution in [2.45, 2.75) is 83.1 Å². The Morgan fingerprint density at radius 2 is 1.48 bits per heavy atom. The number of benzene rings is 4. The lowest BCUT2D eigenvalue weighted by molar-refractivity contribution is 0.0804. The lowest BCUT2D eigenvalue weighted by Gasteiger charge is -2.23. The lowest BCUT2D eigenvalue weighted by Crippen LogP contribution is -2.32. The van der Waals surface area contributed by atoms with E-state index >= 15 is 0 Å². The summed E-state index contributed by atoms with van der Waals surface area (Å²) in [4.78, 5) is 30.1. The Kier molecular flexibility index (Phi) is 13.5. The summed E-state index contributed by atoms with van der Waals surface area (Å²) in [5, 5.41) is 0. The molecule has 8 heteroatoms. The zero-order chi connectivity index (χ0) is 45.6. The fourth-order valence-electron chi connectivity index (χ4n) is 10.1. The van der Waals surface area contributed by atoms with E-state index in [0.29, 0.717) is 64.5 Å². The number of rotatable bonds is 13. The summed E-state index contributed by atoms with van der Waals surface area (Å²) in [6.07, 6.45) is 23.9. The van der Waals surface area contributed by atoms with Gasteiger partial charge in [-0.1, -0.05) is 65.6 Å². The molecule has 2 N–H and O–H groups in total. The van der Waals surface area contributed by atoms with Crippen LogP contribution in [0.15, 0.2) is 126 Å². The molecule has 0 radical (unpaired) electrons. The maximum atomic E-state index is 14.2. The Labute approximate surface area is 388 Å². The van der Waals surface area contributed by atoms with Crippen molar-refractivity contribution in [3.63, 3.8) is 0 Å². The second-order valence-electron chi connectivity index (χ2n) is 17.9. The van der Waals surface area contributed by atoms with Gasteiger partial charge in [-0.2, -0.15) is 0 Å². The summed E-state index contributed by atoms with van der Waals surface area (Å²) in [6, 6.07) is 24.0. The highest BCUT2D eigenvalue weighted by molar-refractivity contribution is 6.04. The van der Waals surface area contributed by atoms with Crippen LogP contribution in [-0.4, -0.2) is 50.1 Å². The van der Waals surface area contributed by atoms with Gasteiger partial charge in [0, 0.05) is 29.3 Å². The summed E-state index contributed by atoms with van der Waals surface area (Å²) in [5.74, 6) is 2.34. The van der Waals surface area contributed by atoms with Crippen molar-refractivity contribution >= 4 is 40.7 Å². The number of Topliss-reactive ketones (excluding diaryl/α,β-unsaturated/α-hetero) is 1. The molecule has 66 heavy (non-hydrogen) atoms. The number of anilines is 1. The topological polar surface area (TPSA) is 100 Å². The third kappa shape index (κ3) is 9.55. The van der Waals surface area contributed by atoms with E-state index in [1.165, 1.54) is 37.7 Å². The molecule has 336 valence electrons. The first-order valence-electron chi connectivity index (χ1n) is 23.5. The van der Waals surface area contributed by atoms with Gasteiger partial charge in [-0.15, -0.1) is 5.73 Å². The number of allylic oxidation sites excluding steroid dienone is 5. The van der Waals surface area contributed by atoms with Gasteiger partial charge < -0.3 is 29.6 Å². The highest BCUT2D eigenvalue weighted by atomic mass is 16.5. The Balaban J connectivity index is 0.797. The average molecular weight is 879 g/mol. The van der Waals surface area contributed by atoms with Crippen molar-refractivity contribution in [3.05, 3.63) is 165 Å². The SMILES string of the molecule is C/C=C1/CCCC(c2ccc(C3=CN4C(=O)c5cc(OC)c(OCCCCCOc6cc7c(cc6OC)C(=O)C6C=C(c8cccc(N)c8)C[C@H]6C=C=C=C7)cc5C=C=C[C@@H]4C3)cc2)CC1. The molecule has 2 heterocycles. The molecular formula is C58H58N2O6. The van der Waals surface area contributed by atoms with Gasteiger partial charge in [0.2, 0.25) is 0 Å². The number of hydrogen-bond donors (Lipinski definition) is 1. The van der Waals surface area contributed by atoms with E-state index in [9.17, 15) is 9.59 Å². The van der Waals surface area contributed by atoms with Crippen LogP contribution < -0.4 is 24.7 Å². The second-order valence-corrected chi connectivity index (χ2v) is 17.9. The van der Waals surface area contributed by atoms with Gasteiger partial charge in [0.05, 0.1) is 39.0 Å². The number of carbonyl (C=O) groups is 2. The smallest absolute Gasteiger partial charge is 0.259 e. The molecule has 4 aromatic rings. The number of amides is 1. The van der Waals surface area contributed by atoms with Gasteiger partial charge in [-0.3, -0.25) is 9.59 Å². The largest absolute Gasteiger partial charge is 0.493 e. The van der Waals surface area contributed by atoms with E-state index in [0.717, 1.165) is 59.9 Å². The fourth-order valence-corrected chi connectivity index (χ4v) is 10.1. The number of nitrogens with two attached hydrogens (primary N) is 1. The average Bonchev–Trinajstić information content (AvgIpc) is 3.89. The Morgan fingerprint density at radius 1 is 0.742 bits per heavy atom. The first-order valence-corrected chi connectivity index (χ1v) is 23.5. The number of carbonyl (C=O) groups excluding carboxylic acids is 2. The molecule has 2 unspecified atom stereocenters. The zero-order valence-corrected chi connectivity index (χ0v) is 38.2. The van der Waals surface area contributed by atoms with Crippen molar-refractivity contribution < 1.29 is 28.5 Å². The molecule has 4 atom stereocenters. The van der Waals surface area contributed by atoms with E-state index < -0.39 is 0 Å². The first-order chi connectivity index (χ1) is 32.3. The number of nitrogens with zero attached hydrogens (tertiary/aromatic N) is 1. The summed E-state index contributed by atoms with van der Waals surface area (Å²) < 4.78 is 24.0. The highest BCUT2D eigenvalue weighted by Crippen LogP contribution is 2.43. The van der Waals surface area contributed by atoms with Crippen LogP contribution in [0.4, 0.5) is 5.69 Å². The highest BCUT2D eigenvalue weighted by Gasteiger charge is 2.35. The van der Waals surface area contributed by atoms with Gasteiger partial charge in [-0.05, 0) is 177 Å². The number of ether oxygens (including phenoxy) is 4. The van der Waals surface area contributed by atoms with Crippen LogP contribution in [-0.2, 0) is 0 Å². The summed E-state index contributed by atoms with van der Waals surface area (Å²) in [6.45, 7) is 3.08. The second kappa shape index (κ2) is 20.1. The molecule has 0 aromatic heterocycles. The number of methoxy groups -OCH3 is 2. The minimum Gasteiger partial charge on any atom is -0.493 e. The summed E-state index contributed by atoms with van der Waals surface area (Å²) in [5.41, 5.74) is 26.4. The Morgan fingerprint density at radius 3 is 2.21 bits per heavy atom. The van der Waals surface area contributed by atoms with E-state index in [4.69, 9.17) is 24.7 Å². The zero-order valence-electron chi connectivity index (χ0n) is 38.2. The molecule has 4 aromatic carbocycles. The van der Waals surface area contributed by atoms with Crippen molar-refractivity contribution in [2.24, 2.45) is 11.8 Å². The minimum atomic E-state index is -0.341. The van der Waals surface area contributed by atoms with Crippen LogP contribution >= 0.6 is 0 Å². The monoisotopic (exact) mass is 878 g/mol. The van der Waals surface area contributed by atoms with Crippen LogP contribution in [0.1, 0.15) is 126 Å². The molecule has 3 aliphatic carbocycles. The normalized spacial score (nSPS) is 21.3. The summed E-state index contributed by atoms with van der Waals surface area (Å²) in [7, 11) is 3.19. The van der Waals surface area contributed by atoms with Crippen LogP contribution in [0.25, 0.3) is 23.3 Å². The number of hydrogen-bond acceptors (Lipinski definition) is 7. The van der Waals surface area contributed by atoms with Crippen LogP contribution in [0, 0.1) is 11.8 Å². The van der Waals surface area contributed by atoms with Gasteiger partial charge in [0.25, 0.3) is 5.91 Å². The third-order valence-electron chi connectivity index (χ3n) is 13.8. The Hall–Kier alpha value is -6.94. The minimum absolute atomic E-state index is 0.0221. The maximum absolute atomic E-state index is 14.2. The molecule has 1 fully saturated rings. The molecule has 1 amide bonds. The molecule has 2 aliphatic heterocycles. The van der Waals surface area contributed by atoms with Crippen molar-refractivity contribution in [1.82, 2.24) is 4.90 Å². The number of nitrogen functional groups attached to an aromatic ring is 1. The molecule has 8 nitrogen and oxygen atoms in total. The number of ketones is 1. The van der Waals surface area contributed by atoms with E-state index in [1.54, 1.807) is 38.0 Å². The van der Waals surface area contributed by atoms with Crippen molar-refractivity contribution in [2.75, 3.05) is 33.2 Å². The fraction of sp³-hybridized carbons (Fsp3) is 0.328. The van der Waals surface area contributed by atoms with Crippen LogP contribution in [0.5, 0.6) is 23.0 Å². The van der Waals surface area contributed by atoms with E-state index in [2.05, 4.69) is 60.5 Å². The predicted molar refractivity (Wildman–Crippen MR) is 263 cm³/mol. The standard InChI is InChI=1S/C58H58N2O6/c1-4-38-13-10-16-39(22-21-38)40-23-25-41(26-24-40)47-31-49-20-12-18-45-34-56(54(64-3)36-52(45)58(62)60(49)37-47)66-28-9-5-8-27-65-55-33-44-15-7-6-14-43-29-46(42-17-11-19-48(59)30-42)32-50(43)57(61)51(44)35-53(55)63-2/h4,11,14-15,17-20,23-26,30,32-37,39,43,49-50H,5,8-10,13,16,21-22,27-29,31,59H2,1-3H3/b15-14?,38-4-/t12?,39?,43-,49-,50?/m1/s1. The van der Waals surface area contributed by atoms with Crippen molar-refractivity contribution in [3.8, 4) is 23.0 Å². The van der Waals surface area contributed by atoms with Gasteiger partial charge in [0.1, 0.15) is 0 Å². The molecule has 0 spiro atoms. The molecule has 9 rings (SSSR count). The third-order valence-corrected chi connectivity index (χ3v) is 13.8. The molecule has 0 bridgehead atoms. The number of fused-ring (bicyclic) bond motifs is 4. The molecular weight excluding hydrogens is 821 g/mol. The summed E-state index contributed by atoms with van der Waals surface area (Å²) >= 11 is 0. The molecule has 5 aliphatic rings. The predicted octanol–water partition coefficient (Wildman–Crippen LogP) is 12.6. The van der Waals surface area contributed by atoms with Crippen LogP contribution in [0.2, 0.25) is 0 Å². The van der Waals surface area contributed by atoms with E-state index in [-0.39, 0.29) is 29.6 Å². The Bertz CT molecular complexity index is 2790. The van der Waals surface area contributed by atoms with Crippen molar-refractivity contribution in [1.29, 1.82) is 0 Å². The van der Waals surface area contributed by atoms with Crippen LogP contribution in [0.3, 0.4) is 0 Å². The van der Waals surface area contributed by atoms with E-state index in [1.807, 2.05) is 65.7 Å². The molecule has 0 saturated heterocycles. The maximum Gasteiger partial charge on any atom is 0.259 e. The lowest BCUT2D eigenvalue weighted by atomic mass is 9.86. The van der Waals surface area contributed by atoms with Gasteiger partial charge >= 0.3 is 0 Å². The first kappa shape index (κ1) is 44.3.